The number of fused-ring (bicyclic) bond motifs is 1. The fraction of sp³-hybridized carbons (Fsp3) is 0.333. The summed E-state index contributed by atoms with van der Waals surface area (Å²) in [5.41, 5.74) is 7.70. The van der Waals surface area contributed by atoms with E-state index in [-0.39, 0.29) is 0 Å². The zero-order valence-corrected chi connectivity index (χ0v) is 6.75. The van der Waals surface area contributed by atoms with Gasteiger partial charge in [0.1, 0.15) is 6.61 Å². The molecular weight excluding hydrogens is 154 g/mol. The van der Waals surface area contributed by atoms with E-state index in [2.05, 4.69) is 0 Å². The lowest BCUT2D eigenvalue weighted by molar-refractivity contribution is -0.195. The Morgan fingerprint density at radius 1 is 1.42 bits per heavy atom. The molecule has 1 aromatic rings. The Bertz CT molecular complexity index is 286. The van der Waals surface area contributed by atoms with Gasteiger partial charge in [-0.1, -0.05) is 18.2 Å². The van der Waals surface area contributed by atoms with Crippen LogP contribution < -0.4 is 10.6 Å². The molecule has 0 bridgehead atoms. The highest BCUT2D eigenvalue weighted by Crippen LogP contribution is 2.29. The number of benzene rings is 1. The minimum absolute atomic E-state index is 0.549. The van der Waals surface area contributed by atoms with Crippen molar-refractivity contribution in [3.8, 4) is 5.75 Å². The standard InChI is InChI=1S/C9H11NO2/c10-5-4-7-2-1-3-8-6-11-12-9(7)8/h1-3H,4-6,10H2. The van der Waals surface area contributed by atoms with Crippen molar-refractivity contribution < 1.29 is 9.78 Å². The van der Waals surface area contributed by atoms with Gasteiger partial charge >= 0.3 is 0 Å². The lowest BCUT2D eigenvalue weighted by Gasteiger charge is -2.02. The minimum Gasteiger partial charge on any atom is -0.337 e. The van der Waals surface area contributed by atoms with Gasteiger partial charge in [-0.25, -0.2) is 0 Å². The van der Waals surface area contributed by atoms with E-state index >= 15 is 0 Å². The molecule has 0 atom stereocenters. The van der Waals surface area contributed by atoms with Crippen molar-refractivity contribution in [2.75, 3.05) is 6.54 Å². The van der Waals surface area contributed by atoms with E-state index in [0.29, 0.717) is 13.2 Å². The molecule has 1 heterocycles. The summed E-state index contributed by atoms with van der Waals surface area (Å²) in [6.45, 7) is 1.19. The second-order valence-electron chi connectivity index (χ2n) is 2.79. The molecule has 0 saturated heterocycles. The first kappa shape index (κ1) is 7.58. The van der Waals surface area contributed by atoms with Gasteiger partial charge in [-0.2, -0.15) is 4.89 Å². The van der Waals surface area contributed by atoms with Crippen molar-refractivity contribution in [2.24, 2.45) is 5.73 Å². The molecule has 0 unspecified atom stereocenters. The first-order valence-corrected chi connectivity index (χ1v) is 4.02. The quantitative estimate of drug-likeness (QED) is 0.665. The Kier molecular flexibility index (Phi) is 1.98. The molecule has 2 rings (SSSR count). The van der Waals surface area contributed by atoms with E-state index in [1.807, 2.05) is 18.2 Å². The maximum absolute atomic E-state index is 5.46. The van der Waals surface area contributed by atoms with Gasteiger partial charge in [0.15, 0.2) is 5.75 Å². The largest absolute Gasteiger partial charge is 0.337 e. The van der Waals surface area contributed by atoms with E-state index in [0.717, 1.165) is 23.3 Å². The summed E-state index contributed by atoms with van der Waals surface area (Å²) in [5.74, 6) is 0.864. The van der Waals surface area contributed by atoms with Crippen LogP contribution in [0.1, 0.15) is 11.1 Å². The Balaban J connectivity index is 2.36. The van der Waals surface area contributed by atoms with Crippen LogP contribution in [0, 0.1) is 0 Å². The lowest BCUT2D eigenvalue weighted by Crippen LogP contribution is -2.03. The van der Waals surface area contributed by atoms with Gasteiger partial charge in [-0.15, -0.1) is 0 Å². The molecule has 1 aliphatic rings. The van der Waals surface area contributed by atoms with Gasteiger partial charge < -0.3 is 10.6 Å². The molecule has 0 aromatic heterocycles. The molecule has 12 heavy (non-hydrogen) atoms. The third kappa shape index (κ3) is 1.17. The summed E-state index contributed by atoms with van der Waals surface area (Å²) in [7, 11) is 0. The molecule has 2 N–H and O–H groups in total. The van der Waals surface area contributed by atoms with Crippen molar-refractivity contribution in [1.82, 2.24) is 0 Å². The molecule has 3 nitrogen and oxygen atoms in total. The van der Waals surface area contributed by atoms with Crippen LogP contribution >= 0.6 is 0 Å². The molecule has 1 aliphatic heterocycles. The number of para-hydroxylation sites is 1. The number of rotatable bonds is 2. The number of hydrogen-bond acceptors (Lipinski definition) is 3. The maximum atomic E-state index is 5.46. The fourth-order valence-corrected chi connectivity index (χ4v) is 1.36. The highest BCUT2D eigenvalue weighted by Gasteiger charge is 2.16. The van der Waals surface area contributed by atoms with Crippen LogP contribution in [0.3, 0.4) is 0 Å². The van der Waals surface area contributed by atoms with E-state index in [9.17, 15) is 0 Å². The first-order valence-electron chi connectivity index (χ1n) is 4.02. The van der Waals surface area contributed by atoms with Crippen molar-refractivity contribution in [3.05, 3.63) is 29.3 Å². The van der Waals surface area contributed by atoms with Gasteiger partial charge in [-0.05, 0) is 18.5 Å². The molecule has 64 valence electrons. The summed E-state index contributed by atoms with van der Waals surface area (Å²) in [6, 6.07) is 6.02. The summed E-state index contributed by atoms with van der Waals surface area (Å²) in [6.07, 6.45) is 0.840. The molecule has 0 fully saturated rings. The van der Waals surface area contributed by atoms with E-state index < -0.39 is 0 Å². The zero-order chi connectivity index (χ0) is 8.39. The average molecular weight is 165 g/mol. The highest BCUT2D eigenvalue weighted by atomic mass is 17.2. The van der Waals surface area contributed by atoms with Crippen LogP contribution in [0.5, 0.6) is 5.75 Å². The summed E-state index contributed by atoms with van der Waals surface area (Å²) in [4.78, 5) is 9.89. The number of hydrogen-bond donors (Lipinski definition) is 1. The average Bonchev–Trinajstić information content (AvgIpc) is 2.53. The molecule has 0 spiro atoms. The Labute approximate surface area is 71.0 Å². The van der Waals surface area contributed by atoms with Gasteiger partial charge in [0.25, 0.3) is 0 Å². The molecule has 3 heteroatoms. The van der Waals surface area contributed by atoms with Gasteiger partial charge in [0.2, 0.25) is 0 Å². The zero-order valence-electron chi connectivity index (χ0n) is 6.75. The summed E-state index contributed by atoms with van der Waals surface area (Å²) in [5, 5.41) is 0. The van der Waals surface area contributed by atoms with E-state index in [1.54, 1.807) is 0 Å². The van der Waals surface area contributed by atoms with Gasteiger partial charge in [0.05, 0.1) is 0 Å². The van der Waals surface area contributed by atoms with Crippen LogP contribution in [-0.2, 0) is 17.9 Å². The third-order valence-electron chi connectivity index (χ3n) is 1.95. The van der Waals surface area contributed by atoms with Crippen LogP contribution in [0.15, 0.2) is 18.2 Å². The molecule has 0 aliphatic carbocycles. The fourth-order valence-electron chi connectivity index (χ4n) is 1.36. The molecular formula is C9H11NO2. The van der Waals surface area contributed by atoms with E-state index in [1.165, 1.54) is 0 Å². The first-order chi connectivity index (χ1) is 5.92. The predicted octanol–water partition coefficient (Wildman–Crippen LogP) is 1.01. The van der Waals surface area contributed by atoms with Crippen molar-refractivity contribution in [1.29, 1.82) is 0 Å². The molecule has 0 saturated carbocycles. The maximum Gasteiger partial charge on any atom is 0.174 e. The lowest BCUT2D eigenvalue weighted by atomic mass is 10.1. The normalized spacial score (nSPS) is 14.1. The SMILES string of the molecule is NCCc1cccc2c1OOC2. The second-order valence-corrected chi connectivity index (χ2v) is 2.79. The van der Waals surface area contributed by atoms with Crippen LogP contribution in [0.2, 0.25) is 0 Å². The van der Waals surface area contributed by atoms with Crippen molar-refractivity contribution in [3.63, 3.8) is 0 Å². The molecule has 0 radical (unpaired) electrons. The van der Waals surface area contributed by atoms with Crippen LogP contribution in [0.25, 0.3) is 0 Å². The Morgan fingerprint density at radius 3 is 3.17 bits per heavy atom. The van der Waals surface area contributed by atoms with Crippen molar-refractivity contribution in [2.45, 2.75) is 13.0 Å². The summed E-state index contributed by atoms with van der Waals surface area (Å²) < 4.78 is 0. The number of nitrogens with two attached hydrogens (primary N) is 1. The minimum atomic E-state index is 0.549. The topological polar surface area (TPSA) is 44.5 Å². The van der Waals surface area contributed by atoms with Crippen molar-refractivity contribution >= 4 is 0 Å². The van der Waals surface area contributed by atoms with Crippen LogP contribution in [0.4, 0.5) is 0 Å². The Hall–Kier alpha value is -1.06. The van der Waals surface area contributed by atoms with Gasteiger partial charge in [0, 0.05) is 5.56 Å². The van der Waals surface area contributed by atoms with E-state index in [4.69, 9.17) is 15.5 Å². The Morgan fingerprint density at radius 2 is 2.33 bits per heavy atom. The molecule has 1 aromatic carbocycles. The summed E-state index contributed by atoms with van der Waals surface area (Å²) >= 11 is 0. The van der Waals surface area contributed by atoms with Gasteiger partial charge in [-0.3, -0.25) is 0 Å². The highest BCUT2D eigenvalue weighted by molar-refractivity contribution is 5.42. The third-order valence-corrected chi connectivity index (χ3v) is 1.95. The van der Waals surface area contributed by atoms with Crippen LogP contribution in [-0.4, -0.2) is 6.54 Å². The predicted molar refractivity (Wildman–Crippen MR) is 44.6 cm³/mol. The molecule has 0 amide bonds. The second kappa shape index (κ2) is 3.13. The smallest absolute Gasteiger partial charge is 0.174 e. The monoisotopic (exact) mass is 165 g/mol.